The van der Waals surface area contributed by atoms with Crippen LogP contribution >= 0.6 is 0 Å². The van der Waals surface area contributed by atoms with E-state index in [-0.39, 0.29) is 22.6 Å². The van der Waals surface area contributed by atoms with Gasteiger partial charge >= 0.3 is 17.6 Å². The highest BCUT2D eigenvalue weighted by molar-refractivity contribution is 6.05. The average molecular weight is 381 g/mol. The quantitative estimate of drug-likeness (QED) is 0.691. The van der Waals surface area contributed by atoms with Crippen molar-refractivity contribution in [2.45, 2.75) is 0 Å². The first-order chi connectivity index (χ1) is 13.4. The van der Waals surface area contributed by atoms with Gasteiger partial charge in [-0.1, -0.05) is 18.2 Å². The zero-order chi connectivity index (χ0) is 20.3. The maximum Gasteiger partial charge on any atom is 0.344 e. The third-order valence-corrected chi connectivity index (χ3v) is 3.93. The van der Waals surface area contributed by atoms with E-state index >= 15 is 0 Å². The molecule has 28 heavy (non-hydrogen) atoms. The molecule has 0 unspecified atom stereocenters. The van der Waals surface area contributed by atoms with Gasteiger partial charge in [0, 0.05) is 5.69 Å². The summed E-state index contributed by atoms with van der Waals surface area (Å²) >= 11 is 0. The Bertz CT molecular complexity index is 1110. The number of rotatable bonds is 4. The third kappa shape index (κ3) is 3.75. The molecule has 142 valence electrons. The lowest BCUT2D eigenvalue weighted by Crippen LogP contribution is -2.16. The lowest BCUT2D eigenvalue weighted by Gasteiger charge is -2.09. The summed E-state index contributed by atoms with van der Waals surface area (Å²) in [5, 5.41) is 3.39. The van der Waals surface area contributed by atoms with Crippen LogP contribution in [0.2, 0.25) is 0 Å². The van der Waals surface area contributed by atoms with E-state index in [9.17, 15) is 19.2 Å². The van der Waals surface area contributed by atoms with E-state index in [1.807, 2.05) is 0 Å². The normalized spacial score (nSPS) is 10.4. The van der Waals surface area contributed by atoms with Gasteiger partial charge in [0.1, 0.15) is 0 Å². The zero-order valence-electron chi connectivity index (χ0n) is 15.0. The van der Waals surface area contributed by atoms with E-state index in [4.69, 9.17) is 4.42 Å². The molecule has 1 heterocycles. The van der Waals surface area contributed by atoms with Gasteiger partial charge in [0.15, 0.2) is 5.76 Å². The molecular weight excluding hydrogens is 366 g/mol. The highest BCUT2D eigenvalue weighted by Gasteiger charge is 2.17. The topological polar surface area (TPSA) is 112 Å². The number of benzene rings is 2. The first kappa shape index (κ1) is 18.8. The van der Waals surface area contributed by atoms with Gasteiger partial charge in [-0.15, -0.1) is 0 Å². The molecule has 0 radical (unpaired) electrons. The molecular formula is C20H15NO7. The molecule has 8 heteroatoms. The summed E-state index contributed by atoms with van der Waals surface area (Å²) in [7, 11) is 2.38. The van der Waals surface area contributed by atoms with Crippen molar-refractivity contribution in [3.8, 4) is 0 Å². The van der Waals surface area contributed by atoms with Crippen LogP contribution in [0.3, 0.4) is 0 Å². The van der Waals surface area contributed by atoms with Crippen molar-refractivity contribution < 1.29 is 28.3 Å². The van der Waals surface area contributed by atoms with Crippen molar-refractivity contribution in [1.29, 1.82) is 0 Å². The number of hydrogen-bond donors (Lipinski definition) is 1. The van der Waals surface area contributed by atoms with Crippen molar-refractivity contribution >= 4 is 34.3 Å². The standard InChI is InChI=1S/C20H15NO7/c1-26-18(23)12-7-13(19(24)27-2)9-14(8-12)21-17(22)16-10-11-5-3-4-6-15(11)20(25)28-16/h3-10H,1-2H3,(H,21,22). The largest absolute Gasteiger partial charge is 0.465 e. The fourth-order valence-electron chi connectivity index (χ4n) is 2.61. The summed E-state index contributed by atoms with van der Waals surface area (Å²) in [5.41, 5.74) is -0.438. The number of anilines is 1. The Morgan fingerprint density at radius 2 is 1.50 bits per heavy atom. The van der Waals surface area contributed by atoms with Gasteiger partial charge in [-0.05, 0) is 35.7 Å². The molecule has 2 aromatic carbocycles. The molecule has 1 amide bonds. The van der Waals surface area contributed by atoms with E-state index in [0.717, 1.165) is 0 Å². The second kappa shape index (κ2) is 7.75. The van der Waals surface area contributed by atoms with Gasteiger partial charge in [-0.25, -0.2) is 14.4 Å². The molecule has 0 saturated carbocycles. The van der Waals surface area contributed by atoms with Crippen LogP contribution in [-0.4, -0.2) is 32.1 Å². The lowest BCUT2D eigenvalue weighted by atomic mass is 10.1. The smallest absolute Gasteiger partial charge is 0.344 e. The fraction of sp³-hybridized carbons (Fsp3) is 0.100. The molecule has 0 spiro atoms. The summed E-state index contributed by atoms with van der Waals surface area (Å²) in [6.07, 6.45) is 0. The van der Waals surface area contributed by atoms with Gasteiger partial charge in [0.25, 0.3) is 5.91 Å². The SMILES string of the molecule is COC(=O)c1cc(NC(=O)c2cc3ccccc3c(=O)o2)cc(C(=O)OC)c1. The van der Waals surface area contributed by atoms with Crippen LogP contribution in [0.15, 0.2) is 57.7 Å². The Labute approximate surface area is 158 Å². The Hall–Kier alpha value is -3.94. The predicted octanol–water partition coefficient (Wildman–Crippen LogP) is 2.62. The first-order valence-corrected chi connectivity index (χ1v) is 8.09. The van der Waals surface area contributed by atoms with Crippen LogP contribution in [0.25, 0.3) is 10.8 Å². The summed E-state index contributed by atoms with van der Waals surface area (Å²) in [6.45, 7) is 0. The molecule has 8 nitrogen and oxygen atoms in total. The summed E-state index contributed by atoms with van der Waals surface area (Å²) in [4.78, 5) is 48.2. The van der Waals surface area contributed by atoms with Crippen LogP contribution in [0.1, 0.15) is 31.3 Å². The predicted molar refractivity (Wildman–Crippen MR) is 99.6 cm³/mol. The molecule has 0 aliphatic heterocycles. The van der Waals surface area contributed by atoms with Crippen molar-refractivity contribution in [3.05, 3.63) is 75.8 Å². The molecule has 3 aromatic rings. The Kier molecular flexibility index (Phi) is 5.21. The molecule has 0 aliphatic rings. The minimum Gasteiger partial charge on any atom is -0.465 e. The first-order valence-electron chi connectivity index (χ1n) is 8.09. The van der Waals surface area contributed by atoms with E-state index in [0.29, 0.717) is 10.8 Å². The number of ether oxygens (including phenoxy) is 2. The number of methoxy groups -OCH3 is 2. The number of nitrogens with one attached hydrogen (secondary N) is 1. The van der Waals surface area contributed by atoms with Gasteiger partial charge in [0.2, 0.25) is 0 Å². The highest BCUT2D eigenvalue weighted by atomic mass is 16.5. The van der Waals surface area contributed by atoms with Crippen LogP contribution in [0.5, 0.6) is 0 Å². The summed E-state index contributed by atoms with van der Waals surface area (Å²) in [5.74, 6) is -2.33. The van der Waals surface area contributed by atoms with E-state index in [2.05, 4.69) is 14.8 Å². The summed E-state index contributed by atoms with van der Waals surface area (Å²) < 4.78 is 14.4. The molecule has 0 bridgehead atoms. The Balaban J connectivity index is 1.98. The van der Waals surface area contributed by atoms with Crippen molar-refractivity contribution in [1.82, 2.24) is 0 Å². The number of carbonyl (C=O) groups is 3. The van der Waals surface area contributed by atoms with Crippen molar-refractivity contribution in [2.75, 3.05) is 19.5 Å². The number of amides is 1. The monoisotopic (exact) mass is 381 g/mol. The van der Waals surface area contributed by atoms with E-state index in [1.165, 1.54) is 38.5 Å². The number of carbonyl (C=O) groups excluding carboxylic acids is 3. The molecule has 0 saturated heterocycles. The number of hydrogen-bond acceptors (Lipinski definition) is 7. The van der Waals surface area contributed by atoms with Gasteiger partial charge in [-0.2, -0.15) is 0 Å². The molecule has 0 fully saturated rings. The molecule has 1 N–H and O–H groups in total. The summed E-state index contributed by atoms with van der Waals surface area (Å²) in [6, 6.07) is 12.0. The maximum atomic E-state index is 12.5. The molecule has 1 aromatic heterocycles. The van der Waals surface area contributed by atoms with Crippen LogP contribution in [0.4, 0.5) is 5.69 Å². The minimum absolute atomic E-state index is 0.0423. The van der Waals surface area contributed by atoms with Gasteiger partial charge in [0.05, 0.1) is 30.7 Å². The van der Waals surface area contributed by atoms with Crippen molar-refractivity contribution in [3.63, 3.8) is 0 Å². The third-order valence-electron chi connectivity index (χ3n) is 3.93. The highest BCUT2D eigenvalue weighted by Crippen LogP contribution is 2.19. The Morgan fingerprint density at radius 3 is 2.11 bits per heavy atom. The zero-order valence-corrected chi connectivity index (χ0v) is 15.0. The maximum absolute atomic E-state index is 12.5. The molecule has 0 aliphatic carbocycles. The van der Waals surface area contributed by atoms with Crippen LogP contribution < -0.4 is 10.9 Å². The van der Waals surface area contributed by atoms with E-state index < -0.39 is 23.5 Å². The second-order valence-corrected chi connectivity index (χ2v) is 5.72. The van der Waals surface area contributed by atoms with Crippen molar-refractivity contribution in [2.24, 2.45) is 0 Å². The van der Waals surface area contributed by atoms with Gasteiger partial charge in [-0.3, -0.25) is 4.79 Å². The molecule has 3 rings (SSSR count). The van der Waals surface area contributed by atoms with E-state index in [1.54, 1.807) is 24.3 Å². The lowest BCUT2D eigenvalue weighted by molar-refractivity contribution is 0.0599. The average Bonchev–Trinajstić information content (AvgIpc) is 2.72. The van der Waals surface area contributed by atoms with Gasteiger partial charge < -0.3 is 19.2 Å². The molecule has 0 atom stereocenters. The minimum atomic E-state index is -0.722. The van der Waals surface area contributed by atoms with Crippen LogP contribution in [0, 0.1) is 0 Å². The fourth-order valence-corrected chi connectivity index (χ4v) is 2.61. The van der Waals surface area contributed by atoms with Crippen LogP contribution in [-0.2, 0) is 9.47 Å². The second-order valence-electron chi connectivity index (χ2n) is 5.72. The number of esters is 2. The number of fused-ring (bicyclic) bond motifs is 1. The Morgan fingerprint density at radius 1 is 0.893 bits per heavy atom.